The van der Waals surface area contributed by atoms with E-state index < -0.39 is 0 Å². The first kappa shape index (κ1) is 18.8. The summed E-state index contributed by atoms with van der Waals surface area (Å²) < 4.78 is 0. The highest BCUT2D eigenvalue weighted by Gasteiger charge is 2.18. The predicted molar refractivity (Wildman–Crippen MR) is 117 cm³/mol. The summed E-state index contributed by atoms with van der Waals surface area (Å²) in [5, 5.41) is 9.06. The van der Waals surface area contributed by atoms with Gasteiger partial charge in [-0.05, 0) is 35.2 Å². The summed E-state index contributed by atoms with van der Waals surface area (Å²) in [6, 6.07) is 26.8. The quantitative estimate of drug-likeness (QED) is 0.369. The Morgan fingerprint density at radius 1 is 0.893 bits per heavy atom. The molecule has 3 nitrogen and oxygen atoms in total. The van der Waals surface area contributed by atoms with Crippen molar-refractivity contribution in [2.75, 3.05) is 0 Å². The highest BCUT2D eigenvalue weighted by atomic mass is 35.5. The fraction of sp³-hybridized carbons (Fsp3) is 0.130. The molecule has 0 amide bonds. The fourth-order valence-corrected chi connectivity index (χ4v) is 4.19. The van der Waals surface area contributed by atoms with E-state index in [-0.39, 0.29) is 5.25 Å². The van der Waals surface area contributed by atoms with Crippen molar-refractivity contribution in [1.82, 2.24) is 15.2 Å². The van der Waals surface area contributed by atoms with Gasteiger partial charge in [0.1, 0.15) is 0 Å². The molecule has 28 heavy (non-hydrogen) atoms. The maximum Gasteiger partial charge on any atom is 0.209 e. The molecule has 0 fully saturated rings. The van der Waals surface area contributed by atoms with Crippen LogP contribution in [0.5, 0.6) is 0 Å². The molecule has 1 heterocycles. The van der Waals surface area contributed by atoms with E-state index in [9.17, 15) is 0 Å². The molecule has 1 aromatic heterocycles. The molecule has 0 unspecified atom stereocenters. The van der Waals surface area contributed by atoms with E-state index in [0.717, 1.165) is 28.0 Å². The van der Waals surface area contributed by atoms with Crippen LogP contribution < -0.4 is 0 Å². The number of aromatic nitrogens is 3. The zero-order valence-electron chi connectivity index (χ0n) is 15.5. The molecule has 5 heteroatoms. The van der Waals surface area contributed by atoms with Crippen molar-refractivity contribution in [3.05, 3.63) is 101 Å². The van der Waals surface area contributed by atoms with Crippen LogP contribution in [0.4, 0.5) is 0 Å². The van der Waals surface area contributed by atoms with Crippen LogP contribution in [0.25, 0.3) is 11.4 Å². The number of thioether (sulfide) groups is 1. The minimum Gasteiger partial charge on any atom is -0.258 e. The zero-order valence-corrected chi connectivity index (χ0v) is 17.0. The van der Waals surface area contributed by atoms with Crippen LogP contribution in [0.3, 0.4) is 0 Å². The van der Waals surface area contributed by atoms with E-state index in [1.54, 1.807) is 11.8 Å². The molecule has 1 atom stereocenters. The molecule has 0 radical (unpaired) electrons. The number of hydrogen-bond donors (Lipinski definition) is 1. The average Bonchev–Trinajstić information content (AvgIpc) is 3.22. The molecule has 1 N–H and O–H groups in total. The Balaban J connectivity index is 1.62. The molecule has 0 saturated carbocycles. The van der Waals surface area contributed by atoms with E-state index >= 15 is 0 Å². The lowest BCUT2D eigenvalue weighted by atomic mass is 10.0. The Kier molecular flexibility index (Phi) is 5.79. The summed E-state index contributed by atoms with van der Waals surface area (Å²) in [4.78, 5) is 4.71. The SMILES string of the molecule is CCc1ccc(-c2nc(S[C@@H](c3ccccc3)c3ccc(Cl)cc3)n[nH]2)cc1. The van der Waals surface area contributed by atoms with Crippen molar-refractivity contribution < 1.29 is 0 Å². The number of rotatable bonds is 6. The highest BCUT2D eigenvalue weighted by molar-refractivity contribution is 7.99. The molecule has 3 aromatic carbocycles. The minimum atomic E-state index is 0.0876. The van der Waals surface area contributed by atoms with Crippen molar-refractivity contribution in [2.45, 2.75) is 23.8 Å². The Morgan fingerprint density at radius 2 is 1.57 bits per heavy atom. The number of nitrogens with zero attached hydrogens (tertiary/aromatic N) is 2. The van der Waals surface area contributed by atoms with Crippen LogP contribution in [0.2, 0.25) is 5.02 Å². The lowest BCUT2D eigenvalue weighted by Gasteiger charge is -2.16. The minimum absolute atomic E-state index is 0.0876. The van der Waals surface area contributed by atoms with Gasteiger partial charge in [-0.1, -0.05) is 97.0 Å². The second-order valence-corrected chi connectivity index (χ2v) is 7.99. The van der Waals surface area contributed by atoms with Gasteiger partial charge in [0, 0.05) is 10.6 Å². The molecule has 0 aliphatic heterocycles. The molecule has 0 spiro atoms. The number of hydrogen-bond acceptors (Lipinski definition) is 3. The third kappa shape index (κ3) is 4.29. The smallest absolute Gasteiger partial charge is 0.209 e. The Morgan fingerprint density at radius 3 is 2.25 bits per heavy atom. The monoisotopic (exact) mass is 405 g/mol. The van der Waals surface area contributed by atoms with Crippen LogP contribution in [0.15, 0.2) is 84.0 Å². The van der Waals surface area contributed by atoms with Crippen molar-refractivity contribution >= 4 is 23.4 Å². The molecule has 0 saturated heterocycles. The number of aryl methyl sites for hydroxylation is 1. The van der Waals surface area contributed by atoms with Crippen LogP contribution >= 0.6 is 23.4 Å². The second-order valence-electron chi connectivity index (χ2n) is 6.48. The van der Waals surface area contributed by atoms with Crippen molar-refractivity contribution in [3.63, 3.8) is 0 Å². The summed E-state index contributed by atoms with van der Waals surface area (Å²) in [5.74, 6) is 0.785. The molecular weight excluding hydrogens is 386 g/mol. The average molecular weight is 406 g/mol. The van der Waals surface area contributed by atoms with Gasteiger partial charge in [0.25, 0.3) is 0 Å². The van der Waals surface area contributed by atoms with E-state index in [1.807, 2.05) is 18.2 Å². The molecule has 0 bridgehead atoms. The standard InChI is InChI=1S/C23H20ClN3S/c1-2-16-8-10-19(11-9-16)22-25-23(27-26-22)28-21(17-6-4-3-5-7-17)18-12-14-20(24)15-13-18/h3-15,21H,2H2,1H3,(H,25,26,27)/t21-/m0/s1. The first-order valence-electron chi connectivity index (χ1n) is 9.21. The van der Waals surface area contributed by atoms with Gasteiger partial charge in [0.15, 0.2) is 5.82 Å². The first-order valence-corrected chi connectivity index (χ1v) is 10.5. The van der Waals surface area contributed by atoms with E-state index in [1.165, 1.54) is 16.7 Å². The number of aromatic amines is 1. The predicted octanol–water partition coefficient (Wildman–Crippen LogP) is 6.57. The summed E-state index contributed by atoms with van der Waals surface area (Å²) >= 11 is 7.71. The third-order valence-electron chi connectivity index (χ3n) is 4.60. The van der Waals surface area contributed by atoms with Crippen LogP contribution in [-0.4, -0.2) is 15.2 Å². The topological polar surface area (TPSA) is 41.6 Å². The lowest BCUT2D eigenvalue weighted by molar-refractivity contribution is 0.965. The van der Waals surface area contributed by atoms with Gasteiger partial charge in [-0.3, -0.25) is 5.10 Å². The van der Waals surface area contributed by atoms with Gasteiger partial charge in [-0.2, -0.15) is 0 Å². The van der Waals surface area contributed by atoms with Crippen molar-refractivity contribution in [2.24, 2.45) is 0 Å². The van der Waals surface area contributed by atoms with Crippen molar-refractivity contribution in [1.29, 1.82) is 0 Å². The molecular formula is C23H20ClN3S. The van der Waals surface area contributed by atoms with Gasteiger partial charge < -0.3 is 0 Å². The zero-order chi connectivity index (χ0) is 19.3. The van der Waals surface area contributed by atoms with E-state index in [0.29, 0.717) is 0 Å². The van der Waals surface area contributed by atoms with Crippen LogP contribution in [0.1, 0.15) is 28.9 Å². The van der Waals surface area contributed by atoms with Gasteiger partial charge in [0.05, 0.1) is 5.25 Å². The fourth-order valence-electron chi connectivity index (χ4n) is 3.03. The van der Waals surface area contributed by atoms with E-state index in [4.69, 9.17) is 16.6 Å². The molecule has 140 valence electrons. The number of H-pyrrole nitrogens is 1. The lowest BCUT2D eigenvalue weighted by Crippen LogP contribution is -1.97. The largest absolute Gasteiger partial charge is 0.258 e. The number of halogens is 1. The van der Waals surface area contributed by atoms with Gasteiger partial charge in [-0.25, -0.2) is 4.98 Å². The maximum absolute atomic E-state index is 6.08. The summed E-state index contributed by atoms with van der Waals surface area (Å²) in [6.45, 7) is 2.15. The second kappa shape index (κ2) is 8.63. The summed E-state index contributed by atoms with van der Waals surface area (Å²) in [6.07, 6.45) is 1.03. The molecule has 0 aliphatic rings. The molecule has 4 aromatic rings. The van der Waals surface area contributed by atoms with Gasteiger partial charge >= 0.3 is 0 Å². The third-order valence-corrected chi connectivity index (χ3v) is 6.02. The Bertz CT molecular complexity index is 1030. The Labute approximate surface area is 174 Å². The van der Waals surface area contributed by atoms with E-state index in [2.05, 4.69) is 77.8 Å². The Hall–Kier alpha value is -2.56. The summed E-state index contributed by atoms with van der Waals surface area (Å²) in [7, 11) is 0. The normalized spacial score (nSPS) is 12.1. The highest BCUT2D eigenvalue weighted by Crippen LogP contribution is 2.39. The van der Waals surface area contributed by atoms with Crippen LogP contribution in [0, 0.1) is 0 Å². The van der Waals surface area contributed by atoms with Gasteiger partial charge in [0.2, 0.25) is 5.16 Å². The van der Waals surface area contributed by atoms with Crippen molar-refractivity contribution in [3.8, 4) is 11.4 Å². The first-order chi connectivity index (χ1) is 13.7. The number of benzene rings is 3. The molecule has 0 aliphatic carbocycles. The maximum atomic E-state index is 6.08. The molecule has 4 rings (SSSR count). The van der Waals surface area contributed by atoms with Crippen LogP contribution in [-0.2, 0) is 6.42 Å². The summed E-state index contributed by atoms with van der Waals surface area (Å²) in [5.41, 5.74) is 4.72. The number of nitrogens with one attached hydrogen (secondary N) is 1. The van der Waals surface area contributed by atoms with Gasteiger partial charge in [-0.15, -0.1) is 5.10 Å².